The van der Waals surface area contributed by atoms with Crippen LogP contribution >= 0.6 is 23.4 Å². The molecule has 2 heterocycles. The van der Waals surface area contributed by atoms with Gasteiger partial charge in [0.05, 0.1) is 19.1 Å². The van der Waals surface area contributed by atoms with E-state index in [0.29, 0.717) is 44.5 Å². The van der Waals surface area contributed by atoms with E-state index in [4.69, 9.17) is 21.1 Å². The number of nitrogens with one attached hydrogen (secondary N) is 1. The number of aromatic amines is 1. The van der Waals surface area contributed by atoms with Gasteiger partial charge in [0, 0.05) is 39.7 Å². The Morgan fingerprint density at radius 3 is 2.21 bits per heavy atom. The van der Waals surface area contributed by atoms with Crippen LogP contribution in [0.2, 0.25) is 5.02 Å². The second-order valence-corrected chi connectivity index (χ2v) is 11.0. The van der Waals surface area contributed by atoms with Crippen LogP contribution in [0.15, 0.2) is 112 Å². The molecular weight excluding hydrogens is 568 g/mol. The molecule has 4 aromatic carbocycles. The van der Waals surface area contributed by atoms with E-state index in [1.54, 1.807) is 20.3 Å². The number of rotatable bonds is 9. The molecule has 0 atom stereocenters. The number of hydrogen-bond acceptors (Lipinski definition) is 6. The van der Waals surface area contributed by atoms with Crippen molar-refractivity contribution in [3.63, 3.8) is 0 Å². The van der Waals surface area contributed by atoms with Crippen LogP contribution in [0.4, 0.5) is 0 Å². The summed E-state index contributed by atoms with van der Waals surface area (Å²) in [5.41, 5.74) is 4.18. The predicted molar refractivity (Wildman–Crippen MR) is 168 cm³/mol. The molecule has 6 aromatic rings. The summed E-state index contributed by atoms with van der Waals surface area (Å²) >= 11 is 7.72. The molecule has 0 aliphatic carbocycles. The molecule has 0 aliphatic rings. The molecule has 6 rings (SSSR count). The molecule has 0 bridgehead atoms. The fraction of sp³-hybridized carbons (Fsp3) is 0.121. The van der Waals surface area contributed by atoms with E-state index >= 15 is 0 Å². The minimum Gasteiger partial charge on any atom is -0.497 e. The molecule has 7 nitrogen and oxygen atoms in total. The lowest BCUT2D eigenvalue weighted by Crippen LogP contribution is -2.12. The van der Waals surface area contributed by atoms with E-state index < -0.39 is 0 Å². The van der Waals surface area contributed by atoms with Crippen LogP contribution in [0.1, 0.15) is 5.56 Å². The summed E-state index contributed by atoms with van der Waals surface area (Å²) in [6, 6.07) is 31.2. The monoisotopic (exact) mass is 594 g/mol. The van der Waals surface area contributed by atoms with Crippen molar-refractivity contribution in [1.29, 1.82) is 0 Å². The van der Waals surface area contributed by atoms with Gasteiger partial charge in [-0.1, -0.05) is 72.3 Å². The smallest absolute Gasteiger partial charge is 0.263 e. The van der Waals surface area contributed by atoms with Gasteiger partial charge in [-0.15, -0.1) is 10.2 Å². The second-order valence-electron chi connectivity index (χ2n) is 9.61. The summed E-state index contributed by atoms with van der Waals surface area (Å²) in [4.78, 5) is 17.2. The van der Waals surface area contributed by atoms with E-state index in [1.165, 1.54) is 17.3 Å². The van der Waals surface area contributed by atoms with Gasteiger partial charge in [0.15, 0.2) is 11.0 Å². The molecule has 1 N–H and O–H groups in total. The molecule has 210 valence electrons. The highest BCUT2D eigenvalue weighted by Crippen LogP contribution is 2.39. The quantitative estimate of drug-likeness (QED) is 0.186. The van der Waals surface area contributed by atoms with Gasteiger partial charge in [0.2, 0.25) is 0 Å². The standard InChI is InChI=1S/C33H27ClN4O3S/c1-40-25-17-23(18-26(20-25)41-2)31-36-37-33(38(31)16-15-21-9-5-3-6-10-21)42-30-29(22-11-7-4-8-12-22)27-19-24(34)13-14-28(27)35-32(30)39/h3-14,17-20H,15-16H2,1-2H3,(H,35,39). The number of aromatic nitrogens is 4. The van der Waals surface area contributed by atoms with Crippen molar-refractivity contribution in [2.45, 2.75) is 23.0 Å². The van der Waals surface area contributed by atoms with Crippen molar-refractivity contribution in [2.24, 2.45) is 0 Å². The average Bonchev–Trinajstić information content (AvgIpc) is 3.43. The van der Waals surface area contributed by atoms with Gasteiger partial charge in [0.1, 0.15) is 11.5 Å². The lowest BCUT2D eigenvalue weighted by molar-refractivity contribution is 0.394. The van der Waals surface area contributed by atoms with E-state index in [2.05, 4.69) is 27.3 Å². The Kier molecular flexibility index (Phi) is 7.99. The van der Waals surface area contributed by atoms with Crippen molar-refractivity contribution in [1.82, 2.24) is 19.7 Å². The van der Waals surface area contributed by atoms with Crippen LogP contribution in [0.3, 0.4) is 0 Å². The zero-order valence-electron chi connectivity index (χ0n) is 23.0. The number of aryl methyl sites for hydroxylation is 1. The van der Waals surface area contributed by atoms with Crippen molar-refractivity contribution >= 4 is 34.3 Å². The zero-order valence-corrected chi connectivity index (χ0v) is 24.6. The number of benzene rings is 4. The van der Waals surface area contributed by atoms with Gasteiger partial charge in [-0.3, -0.25) is 4.79 Å². The molecule has 0 fully saturated rings. The van der Waals surface area contributed by atoms with Gasteiger partial charge >= 0.3 is 0 Å². The third kappa shape index (κ3) is 5.64. The van der Waals surface area contributed by atoms with Gasteiger partial charge in [-0.05, 0) is 59.6 Å². The SMILES string of the molecule is COc1cc(OC)cc(-c2nnc(Sc3c(-c4ccccc4)c4cc(Cl)ccc4[nH]c3=O)n2CCc2ccccc2)c1. The highest BCUT2D eigenvalue weighted by Gasteiger charge is 2.22. The Balaban J connectivity index is 1.52. The first kappa shape index (κ1) is 27.6. The van der Waals surface area contributed by atoms with Crippen LogP contribution < -0.4 is 15.0 Å². The molecule has 0 unspecified atom stereocenters. The Labute approximate surface area is 252 Å². The number of ether oxygens (including phenoxy) is 2. The van der Waals surface area contributed by atoms with E-state index in [0.717, 1.165) is 28.5 Å². The first-order chi connectivity index (χ1) is 20.5. The maximum atomic E-state index is 13.7. The number of halogens is 1. The highest BCUT2D eigenvalue weighted by molar-refractivity contribution is 7.99. The topological polar surface area (TPSA) is 82.0 Å². The van der Waals surface area contributed by atoms with Crippen molar-refractivity contribution < 1.29 is 9.47 Å². The fourth-order valence-electron chi connectivity index (χ4n) is 4.93. The van der Waals surface area contributed by atoms with Gasteiger partial charge in [0.25, 0.3) is 5.56 Å². The van der Waals surface area contributed by atoms with Gasteiger partial charge in [-0.2, -0.15) is 0 Å². The van der Waals surface area contributed by atoms with Crippen LogP contribution in [0.25, 0.3) is 33.4 Å². The van der Waals surface area contributed by atoms with Crippen LogP contribution in [-0.2, 0) is 13.0 Å². The van der Waals surface area contributed by atoms with Crippen molar-refractivity contribution in [3.05, 3.63) is 118 Å². The lowest BCUT2D eigenvalue weighted by atomic mass is 10.0. The third-order valence-corrected chi connectivity index (χ3v) is 8.30. The molecule has 0 spiro atoms. The molecule has 0 saturated heterocycles. The van der Waals surface area contributed by atoms with E-state index in [9.17, 15) is 4.79 Å². The number of pyridine rings is 1. The maximum absolute atomic E-state index is 13.7. The Bertz CT molecular complexity index is 1900. The predicted octanol–water partition coefficient (Wildman–Crippen LogP) is 7.52. The molecule has 9 heteroatoms. The summed E-state index contributed by atoms with van der Waals surface area (Å²) in [7, 11) is 3.23. The maximum Gasteiger partial charge on any atom is 0.263 e. The van der Waals surface area contributed by atoms with Crippen LogP contribution in [0, 0.1) is 0 Å². The summed E-state index contributed by atoms with van der Waals surface area (Å²) in [6.45, 7) is 0.589. The largest absolute Gasteiger partial charge is 0.497 e. The normalized spacial score (nSPS) is 11.1. The first-order valence-corrected chi connectivity index (χ1v) is 14.5. The fourth-order valence-corrected chi connectivity index (χ4v) is 6.13. The summed E-state index contributed by atoms with van der Waals surface area (Å²) in [6.07, 6.45) is 0.746. The zero-order chi connectivity index (χ0) is 29.1. The van der Waals surface area contributed by atoms with Crippen molar-refractivity contribution in [3.8, 4) is 34.0 Å². The summed E-state index contributed by atoms with van der Waals surface area (Å²) < 4.78 is 13.1. The Morgan fingerprint density at radius 2 is 1.52 bits per heavy atom. The number of fused-ring (bicyclic) bond motifs is 1. The minimum absolute atomic E-state index is 0.212. The molecule has 2 aromatic heterocycles. The van der Waals surface area contributed by atoms with Crippen LogP contribution in [-0.4, -0.2) is 34.0 Å². The van der Waals surface area contributed by atoms with E-state index in [1.807, 2.05) is 83.4 Å². The molecular formula is C33H27ClN4O3S. The number of methoxy groups -OCH3 is 2. The van der Waals surface area contributed by atoms with Crippen LogP contribution in [0.5, 0.6) is 11.5 Å². The molecule has 42 heavy (non-hydrogen) atoms. The summed E-state index contributed by atoms with van der Waals surface area (Å²) in [5.74, 6) is 1.93. The third-order valence-electron chi connectivity index (χ3n) is 6.98. The summed E-state index contributed by atoms with van der Waals surface area (Å²) in [5, 5.41) is 11.2. The molecule has 0 aliphatic heterocycles. The number of nitrogens with zero attached hydrogens (tertiary/aromatic N) is 3. The Morgan fingerprint density at radius 1 is 0.833 bits per heavy atom. The molecule has 0 amide bonds. The number of hydrogen-bond donors (Lipinski definition) is 1. The van der Waals surface area contributed by atoms with E-state index in [-0.39, 0.29) is 5.56 Å². The highest BCUT2D eigenvalue weighted by atomic mass is 35.5. The van der Waals surface area contributed by atoms with Crippen molar-refractivity contribution in [2.75, 3.05) is 14.2 Å². The minimum atomic E-state index is -0.212. The van der Waals surface area contributed by atoms with Gasteiger partial charge in [-0.25, -0.2) is 0 Å². The van der Waals surface area contributed by atoms with Gasteiger partial charge < -0.3 is 19.0 Å². The Hall–Kier alpha value is -4.53. The molecule has 0 radical (unpaired) electrons. The average molecular weight is 595 g/mol. The first-order valence-electron chi connectivity index (χ1n) is 13.3. The number of H-pyrrole nitrogens is 1. The molecule has 0 saturated carbocycles. The lowest BCUT2D eigenvalue weighted by Gasteiger charge is -2.15. The second kappa shape index (κ2) is 12.1.